The van der Waals surface area contributed by atoms with Crippen LogP contribution in [-0.4, -0.2) is 13.1 Å². The van der Waals surface area contributed by atoms with Gasteiger partial charge in [0.1, 0.15) is 5.82 Å². The number of nitrogen functional groups attached to an aromatic ring is 1. The van der Waals surface area contributed by atoms with E-state index in [-0.39, 0.29) is 5.82 Å². The molecule has 3 heteroatoms. The van der Waals surface area contributed by atoms with Crippen LogP contribution in [0, 0.1) is 5.82 Å². The number of hydrogen-bond acceptors (Lipinski definition) is 2. The topological polar surface area (TPSA) is 29.3 Å². The van der Waals surface area contributed by atoms with Gasteiger partial charge in [-0.05, 0) is 31.0 Å². The lowest BCUT2D eigenvalue weighted by Gasteiger charge is -2.18. The lowest BCUT2D eigenvalue weighted by atomic mass is 10.2. The van der Waals surface area contributed by atoms with E-state index in [1.807, 2.05) is 27.7 Å². The quantitative estimate of drug-likeness (QED) is 0.750. The molecule has 98 valence electrons. The van der Waals surface area contributed by atoms with Crippen molar-refractivity contribution in [2.45, 2.75) is 40.5 Å². The van der Waals surface area contributed by atoms with Crippen LogP contribution < -0.4 is 10.6 Å². The Morgan fingerprint density at radius 2 is 1.59 bits per heavy atom. The summed E-state index contributed by atoms with van der Waals surface area (Å²) in [6, 6.07) is 4.89. The third-order valence-corrected chi connectivity index (χ3v) is 2.42. The molecule has 2 rings (SSSR count). The molecule has 0 aliphatic carbocycles. The van der Waals surface area contributed by atoms with Crippen LogP contribution in [0.15, 0.2) is 18.2 Å². The van der Waals surface area contributed by atoms with Crippen LogP contribution >= 0.6 is 0 Å². The summed E-state index contributed by atoms with van der Waals surface area (Å²) < 4.78 is 13.4. The minimum absolute atomic E-state index is 0.207. The number of nitrogens with two attached hydrogens (primary N) is 1. The number of anilines is 2. The van der Waals surface area contributed by atoms with Gasteiger partial charge in [-0.15, -0.1) is 0 Å². The van der Waals surface area contributed by atoms with E-state index in [1.54, 1.807) is 12.1 Å². The minimum Gasteiger partial charge on any atom is -0.399 e. The molecule has 1 aliphatic heterocycles. The summed E-state index contributed by atoms with van der Waals surface area (Å²) in [7, 11) is 0. The number of rotatable bonds is 1. The summed E-state index contributed by atoms with van der Waals surface area (Å²) >= 11 is 0. The third-order valence-electron chi connectivity index (χ3n) is 2.42. The molecule has 1 saturated heterocycles. The first-order valence-corrected chi connectivity index (χ1v) is 6.57. The van der Waals surface area contributed by atoms with Crippen molar-refractivity contribution in [1.29, 1.82) is 0 Å². The van der Waals surface area contributed by atoms with E-state index >= 15 is 0 Å². The Hall–Kier alpha value is -1.25. The van der Waals surface area contributed by atoms with Crippen molar-refractivity contribution in [2.75, 3.05) is 23.7 Å². The maximum atomic E-state index is 13.4. The van der Waals surface area contributed by atoms with Crippen LogP contribution in [0.1, 0.15) is 40.5 Å². The van der Waals surface area contributed by atoms with Gasteiger partial charge in [0.15, 0.2) is 0 Å². The first kappa shape index (κ1) is 15.8. The molecule has 0 aromatic heterocycles. The maximum absolute atomic E-state index is 13.4. The van der Waals surface area contributed by atoms with Crippen molar-refractivity contribution in [2.24, 2.45) is 0 Å². The smallest absolute Gasteiger partial charge is 0.148 e. The summed E-state index contributed by atoms with van der Waals surface area (Å²) in [4.78, 5) is 2.06. The molecule has 1 aromatic rings. The molecule has 1 heterocycles. The highest BCUT2D eigenvalue weighted by Crippen LogP contribution is 2.24. The molecule has 1 aromatic carbocycles. The Morgan fingerprint density at radius 1 is 1.06 bits per heavy atom. The molecular formula is C14H25FN2. The largest absolute Gasteiger partial charge is 0.399 e. The molecular weight excluding hydrogens is 215 g/mol. The van der Waals surface area contributed by atoms with Crippen molar-refractivity contribution in [1.82, 2.24) is 0 Å². The van der Waals surface area contributed by atoms with Gasteiger partial charge in [-0.1, -0.05) is 27.7 Å². The van der Waals surface area contributed by atoms with Crippen LogP contribution in [0.3, 0.4) is 0 Å². The molecule has 0 atom stereocenters. The second kappa shape index (κ2) is 8.85. The Kier molecular flexibility index (Phi) is 8.20. The fourth-order valence-electron chi connectivity index (χ4n) is 1.74. The molecule has 0 saturated carbocycles. The summed E-state index contributed by atoms with van der Waals surface area (Å²) in [5.74, 6) is -0.207. The predicted molar refractivity (Wildman–Crippen MR) is 75.0 cm³/mol. The van der Waals surface area contributed by atoms with E-state index in [0.717, 1.165) is 25.9 Å². The first-order valence-electron chi connectivity index (χ1n) is 6.57. The highest BCUT2D eigenvalue weighted by Gasteiger charge is 2.15. The fourth-order valence-corrected chi connectivity index (χ4v) is 1.74. The van der Waals surface area contributed by atoms with Crippen molar-refractivity contribution < 1.29 is 4.39 Å². The molecule has 2 N–H and O–H groups in total. The van der Waals surface area contributed by atoms with Gasteiger partial charge < -0.3 is 10.6 Å². The average molecular weight is 240 g/mol. The number of nitrogens with zero attached hydrogens (tertiary/aromatic N) is 1. The van der Waals surface area contributed by atoms with Gasteiger partial charge in [-0.25, -0.2) is 4.39 Å². The molecule has 17 heavy (non-hydrogen) atoms. The zero-order valence-corrected chi connectivity index (χ0v) is 11.5. The van der Waals surface area contributed by atoms with Gasteiger partial charge in [0.2, 0.25) is 0 Å². The third kappa shape index (κ3) is 4.63. The highest BCUT2D eigenvalue weighted by molar-refractivity contribution is 5.54. The summed E-state index contributed by atoms with van der Waals surface area (Å²) in [6.07, 6.45) is 2.31. The Balaban J connectivity index is 0.000000581. The SMILES string of the molecule is CC.CC.Nc1ccc(N2CCCC2)c(F)c1. The van der Waals surface area contributed by atoms with E-state index in [4.69, 9.17) is 5.73 Å². The van der Waals surface area contributed by atoms with Gasteiger partial charge in [-0.3, -0.25) is 0 Å². The molecule has 0 bridgehead atoms. The van der Waals surface area contributed by atoms with E-state index in [0.29, 0.717) is 11.4 Å². The van der Waals surface area contributed by atoms with Crippen molar-refractivity contribution in [3.05, 3.63) is 24.0 Å². The molecule has 0 spiro atoms. The monoisotopic (exact) mass is 240 g/mol. The second-order valence-corrected chi connectivity index (χ2v) is 3.41. The zero-order chi connectivity index (χ0) is 13.3. The molecule has 0 unspecified atom stereocenters. The van der Waals surface area contributed by atoms with Crippen molar-refractivity contribution in [3.8, 4) is 0 Å². The molecule has 0 amide bonds. The zero-order valence-electron chi connectivity index (χ0n) is 11.5. The Morgan fingerprint density at radius 3 is 2.06 bits per heavy atom. The minimum atomic E-state index is -0.207. The van der Waals surface area contributed by atoms with Gasteiger partial charge in [0.05, 0.1) is 5.69 Å². The van der Waals surface area contributed by atoms with Crippen LogP contribution in [0.5, 0.6) is 0 Å². The molecule has 0 radical (unpaired) electrons. The van der Waals surface area contributed by atoms with Crippen molar-refractivity contribution in [3.63, 3.8) is 0 Å². The summed E-state index contributed by atoms with van der Waals surface area (Å²) in [6.45, 7) is 9.92. The predicted octanol–water partition coefficient (Wildman–Crippen LogP) is 4.06. The van der Waals surface area contributed by atoms with Crippen LogP contribution in [-0.2, 0) is 0 Å². The van der Waals surface area contributed by atoms with E-state index in [2.05, 4.69) is 4.90 Å². The summed E-state index contributed by atoms with van der Waals surface area (Å²) in [5, 5.41) is 0. The lowest BCUT2D eigenvalue weighted by molar-refractivity contribution is 0.624. The van der Waals surface area contributed by atoms with Crippen LogP contribution in [0.2, 0.25) is 0 Å². The highest BCUT2D eigenvalue weighted by atomic mass is 19.1. The number of benzene rings is 1. The Bertz CT molecular complexity index is 307. The van der Waals surface area contributed by atoms with Gasteiger partial charge in [0, 0.05) is 18.8 Å². The maximum Gasteiger partial charge on any atom is 0.148 e. The van der Waals surface area contributed by atoms with Crippen LogP contribution in [0.25, 0.3) is 0 Å². The van der Waals surface area contributed by atoms with Crippen molar-refractivity contribution >= 4 is 11.4 Å². The second-order valence-electron chi connectivity index (χ2n) is 3.41. The standard InChI is InChI=1S/C10H13FN2.2C2H6/c11-9-7-8(12)3-4-10(9)13-5-1-2-6-13;2*1-2/h3-4,7H,1-2,5-6,12H2;2*1-2H3. The Labute approximate surface area is 105 Å². The van der Waals surface area contributed by atoms with Gasteiger partial charge in [-0.2, -0.15) is 0 Å². The van der Waals surface area contributed by atoms with E-state index in [1.165, 1.54) is 6.07 Å². The number of halogens is 1. The van der Waals surface area contributed by atoms with E-state index < -0.39 is 0 Å². The van der Waals surface area contributed by atoms with Crippen LogP contribution in [0.4, 0.5) is 15.8 Å². The molecule has 2 nitrogen and oxygen atoms in total. The normalized spacial score (nSPS) is 13.4. The summed E-state index contributed by atoms with van der Waals surface area (Å²) in [5.41, 5.74) is 6.64. The lowest BCUT2D eigenvalue weighted by Crippen LogP contribution is -2.18. The van der Waals surface area contributed by atoms with Gasteiger partial charge in [0.25, 0.3) is 0 Å². The molecule has 1 fully saturated rings. The van der Waals surface area contributed by atoms with Gasteiger partial charge >= 0.3 is 0 Å². The molecule has 1 aliphatic rings. The average Bonchev–Trinajstić information content (AvgIpc) is 2.88. The first-order chi connectivity index (χ1) is 8.27. The number of hydrogen-bond donors (Lipinski definition) is 1. The van der Waals surface area contributed by atoms with E-state index in [9.17, 15) is 4.39 Å². The fraction of sp³-hybridized carbons (Fsp3) is 0.571.